The van der Waals surface area contributed by atoms with E-state index < -0.39 is 0 Å². The van der Waals surface area contributed by atoms with Crippen molar-refractivity contribution in [3.63, 3.8) is 0 Å². The van der Waals surface area contributed by atoms with E-state index in [1.54, 1.807) is 12.1 Å². The number of hydrogen-bond donors (Lipinski definition) is 0. The predicted molar refractivity (Wildman–Crippen MR) is 100 cm³/mol. The Balaban J connectivity index is 1.63. The van der Waals surface area contributed by atoms with Crippen LogP contribution < -0.4 is 0 Å². The van der Waals surface area contributed by atoms with E-state index in [9.17, 15) is 8.78 Å². The summed E-state index contributed by atoms with van der Waals surface area (Å²) in [5, 5.41) is 0. The summed E-state index contributed by atoms with van der Waals surface area (Å²) in [5.41, 5.74) is 4.14. The maximum atomic E-state index is 14.6. The molecule has 0 fully saturated rings. The van der Waals surface area contributed by atoms with Crippen molar-refractivity contribution in [2.75, 3.05) is 0 Å². The van der Waals surface area contributed by atoms with E-state index >= 15 is 0 Å². The third kappa shape index (κ3) is 4.68. The number of unbranched alkanes of at least 4 members (excludes halogenated alkanes) is 4. The van der Waals surface area contributed by atoms with E-state index in [1.807, 2.05) is 12.1 Å². The fraction of sp³-hybridized carbons (Fsp3) is 0.478. The number of benzene rings is 2. The van der Waals surface area contributed by atoms with E-state index in [-0.39, 0.29) is 17.6 Å². The molecule has 0 saturated heterocycles. The molecule has 0 radical (unpaired) electrons. The molecule has 0 N–H and O–H groups in total. The average Bonchev–Trinajstić information content (AvgIpc) is 2.61. The summed E-state index contributed by atoms with van der Waals surface area (Å²) >= 11 is 0. The van der Waals surface area contributed by atoms with Gasteiger partial charge in [-0.1, -0.05) is 50.8 Å². The molecule has 2 heteroatoms. The Morgan fingerprint density at radius 3 is 2.56 bits per heavy atom. The number of rotatable bonds is 7. The highest BCUT2D eigenvalue weighted by molar-refractivity contribution is 5.36. The molecule has 0 spiro atoms. The van der Waals surface area contributed by atoms with Gasteiger partial charge in [-0.15, -0.1) is 0 Å². The van der Waals surface area contributed by atoms with Crippen molar-refractivity contribution in [2.24, 2.45) is 0 Å². The van der Waals surface area contributed by atoms with Crippen molar-refractivity contribution in [3.8, 4) is 0 Å². The van der Waals surface area contributed by atoms with Gasteiger partial charge in [-0.05, 0) is 78.5 Å². The molecule has 1 atom stereocenters. The van der Waals surface area contributed by atoms with E-state index in [4.69, 9.17) is 0 Å². The lowest BCUT2D eigenvalue weighted by molar-refractivity contribution is 0.529. The molecule has 0 heterocycles. The molecule has 1 aliphatic rings. The van der Waals surface area contributed by atoms with Crippen LogP contribution >= 0.6 is 0 Å². The summed E-state index contributed by atoms with van der Waals surface area (Å²) in [7, 11) is 0. The van der Waals surface area contributed by atoms with Crippen molar-refractivity contribution in [2.45, 2.75) is 70.6 Å². The molecule has 1 aliphatic carbocycles. The van der Waals surface area contributed by atoms with Gasteiger partial charge in [-0.3, -0.25) is 0 Å². The molecule has 0 bridgehead atoms. The van der Waals surface area contributed by atoms with Crippen LogP contribution in [0.5, 0.6) is 0 Å². The lowest BCUT2D eigenvalue weighted by Crippen LogP contribution is -2.14. The Hall–Kier alpha value is -1.70. The standard InChI is InChI=1S/C23H28F2/c1-2-3-4-5-6-7-17-8-13-22(23(25)14-17)19-10-9-18-11-12-21(24)16-20(18)15-19/h8,11-14,16,19H,2-7,9-10,15H2,1H3. The van der Waals surface area contributed by atoms with Gasteiger partial charge in [-0.2, -0.15) is 0 Å². The van der Waals surface area contributed by atoms with Crippen LogP contribution in [0.25, 0.3) is 0 Å². The Labute approximate surface area is 150 Å². The van der Waals surface area contributed by atoms with Crippen LogP contribution in [0.1, 0.15) is 73.6 Å². The first-order valence-corrected chi connectivity index (χ1v) is 9.73. The maximum Gasteiger partial charge on any atom is 0.126 e. The minimum absolute atomic E-state index is 0.0871. The van der Waals surface area contributed by atoms with E-state index in [1.165, 1.54) is 37.3 Å². The first-order chi connectivity index (χ1) is 12.2. The summed E-state index contributed by atoms with van der Waals surface area (Å²) in [6, 6.07) is 10.8. The molecule has 25 heavy (non-hydrogen) atoms. The first-order valence-electron chi connectivity index (χ1n) is 9.73. The van der Waals surface area contributed by atoms with Crippen LogP contribution in [0.15, 0.2) is 36.4 Å². The third-order valence-electron chi connectivity index (χ3n) is 5.47. The summed E-state index contributed by atoms with van der Waals surface area (Å²) in [6.45, 7) is 2.21. The fourth-order valence-electron chi connectivity index (χ4n) is 3.98. The second-order valence-electron chi connectivity index (χ2n) is 7.37. The molecule has 0 saturated carbocycles. The Kier molecular flexibility index (Phi) is 6.23. The van der Waals surface area contributed by atoms with Crippen LogP contribution in [-0.4, -0.2) is 0 Å². The zero-order valence-corrected chi connectivity index (χ0v) is 15.2. The molecule has 134 valence electrons. The molecular weight excluding hydrogens is 314 g/mol. The molecule has 1 unspecified atom stereocenters. The molecule has 2 aromatic carbocycles. The predicted octanol–water partition coefficient (Wildman–Crippen LogP) is 6.75. The Morgan fingerprint density at radius 2 is 1.76 bits per heavy atom. The summed E-state index contributed by atoms with van der Waals surface area (Å²) in [4.78, 5) is 0. The van der Waals surface area contributed by atoms with Gasteiger partial charge in [0.05, 0.1) is 0 Å². The van der Waals surface area contributed by atoms with Crippen LogP contribution in [0.2, 0.25) is 0 Å². The summed E-state index contributed by atoms with van der Waals surface area (Å²) in [5.74, 6) is -0.123. The number of fused-ring (bicyclic) bond motifs is 1. The minimum atomic E-state index is -0.196. The van der Waals surface area contributed by atoms with Gasteiger partial charge in [0.15, 0.2) is 0 Å². The smallest absolute Gasteiger partial charge is 0.126 e. The van der Waals surface area contributed by atoms with Gasteiger partial charge in [0.1, 0.15) is 11.6 Å². The first kappa shape index (κ1) is 18.1. The monoisotopic (exact) mass is 342 g/mol. The van der Waals surface area contributed by atoms with Crippen molar-refractivity contribution in [1.82, 2.24) is 0 Å². The zero-order valence-electron chi connectivity index (χ0n) is 15.2. The third-order valence-corrected chi connectivity index (χ3v) is 5.47. The molecule has 0 amide bonds. The van der Waals surface area contributed by atoms with Crippen LogP contribution in [0, 0.1) is 11.6 Å². The van der Waals surface area contributed by atoms with Gasteiger partial charge in [0.25, 0.3) is 0 Å². The highest BCUT2D eigenvalue weighted by Crippen LogP contribution is 2.34. The molecule has 0 nitrogen and oxygen atoms in total. The SMILES string of the molecule is CCCCCCCc1ccc(C2CCc3ccc(F)cc3C2)c(F)c1. The van der Waals surface area contributed by atoms with Gasteiger partial charge < -0.3 is 0 Å². The number of hydrogen-bond acceptors (Lipinski definition) is 0. The van der Waals surface area contributed by atoms with Crippen molar-refractivity contribution >= 4 is 0 Å². The second kappa shape index (κ2) is 8.60. The van der Waals surface area contributed by atoms with Crippen molar-refractivity contribution in [3.05, 3.63) is 70.3 Å². The number of halogens is 2. The normalized spacial score (nSPS) is 16.7. The second-order valence-corrected chi connectivity index (χ2v) is 7.37. The van der Waals surface area contributed by atoms with Crippen LogP contribution in [0.3, 0.4) is 0 Å². The molecule has 0 aromatic heterocycles. The van der Waals surface area contributed by atoms with Crippen molar-refractivity contribution < 1.29 is 8.78 Å². The zero-order chi connectivity index (χ0) is 17.6. The number of aryl methyl sites for hydroxylation is 2. The lowest BCUT2D eigenvalue weighted by Gasteiger charge is -2.25. The fourth-order valence-corrected chi connectivity index (χ4v) is 3.98. The quantitative estimate of drug-likeness (QED) is 0.488. The van der Waals surface area contributed by atoms with Crippen LogP contribution in [-0.2, 0) is 19.3 Å². The van der Waals surface area contributed by atoms with Crippen molar-refractivity contribution in [1.29, 1.82) is 0 Å². The van der Waals surface area contributed by atoms with Crippen LogP contribution in [0.4, 0.5) is 8.78 Å². The van der Waals surface area contributed by atoms with Gasteiger partial charge >= 0.3 is 0 Å². The van der Waals surface area contributed by atoms with Gasteiger partial charge in [-0.25, -0.2) is 8.78 Å². The van der Waals surface area contributed by atoms with E-state index in [2.05, 4.69) is 13.0 Å². The molecular formula is C23H28F2. The average molecular weight is 342 g/mol. The highest BCUT2D eigenvalue weighted by Gasteiger charge is 2.23. The Morgan fingerprint density at radius 1 is 0.920 bits per heavy atom. The minimum Gasteiger partial charge on any atom is -0.207 e. The summed E-state index contributed by atoms with van der Waals surface area (Å²) in [6.07, 6.45) is 9.70. The Bertz CT molecular complexity index is 705. The largest absolute Gasteiger partial charge is 0.207 e. The van der Waals surface area contributed by atoms with Gasteiger partial charge in [0, 0.05) is 0 Å². The van der Waals surface area contributed by atoms with Gasteiger partial charge in [0.2, 0.25) is 0 Å². The van der Waals surface area contributed by atoms with E-state index in [0.717, 1.165) is 48.8 Å². The molecule has 0 aliphatic heterocycles. The summed E-state index contributed by atoms with van der Waals surface area (Å²) < 4.78 is 28.1. The molecule has 2 aromatic rings. The molecule has 3 rings (SSSR count). The highest BCUT2D eigenvalue weighted by atomic mass is 19.1. The topological polar surface area (TPSA) is 0 Å². The maximum absolute atomic E-state index is 14.6. The van der Waals surface area contributed by atoms with E-state index in [0.29, 0.717) is 0 Å². The lowest BCUT2D eigenvalue weighted by atomic mass is 9.80.